The Balaban J connectivity index is 1.35. The molecule has 0 aromatic heterocycles. The molecule has 0 spiro atoms. The zero-order valence-corrected chi connectivity index (χ0v) is 21.0. The monoisotopic (exact) mass is 527 g/mol. The second-order valence-corrected chi connectivity index (χ2v) is 9.32. The number of alkyl halides is 2. The summed E-state index contributed by atoms with van der Waals surface area (Å²) in [6.07, 6.45) is -1.04. The molecule has 1 amide bonds. The quantitative estimate of drug-likeness (QED) is 0.270. The van der Waals surface area contributed by atoms with Crippen LogP contribution in [0.3, 0.4) is 0 Å². The number of hydrogen-bond donors (Lipinski definition) is 2. The lowest BCUT2D eigenvalue weighted by Gasteiger charge is -2.28. The summed E-state index contributed by atoms with van der Waals surface area (Å²) < 4.78 is 35.9. The van der Waals surface area contributed by atoms with Crippen molar-refractivity contribution in [1.82, 2.24) is 0 Å². The second-order valence-electron chi connectivity index (χ2n) is 8.26. The number of benzene rings is 3. The van der Waals surface area contributed by atoms with Gasteiger partial charge in [-0.2, -0.15) is 8.78 Å². The Morgan fingerprint density at radius 3 is 2.27 bits per heavy atom. The SMILES string of the molecule is C[C@@H](OC(=O)c1ccccc1Nc1ccc(SC(F)F)cc1)C(=O)Nc1ccc(N2CCOCC2)cc1. The number of para-hydroxylation sites is 1. The Bertz CT molecular complexity index is 1200. The van der Waals surface area contributed by atoms with Crippen LogP contribution < -0.4 is 15.5 Å². The van der Waals surface area contributed by atoms with Gasteiger partial charge in [-0.3, -0.25) is 4.79 Å². The summed E-state index contributed by atoms with van der Waals surface area (Å²) in [7, 11) is 0. The first kappa shape index (κ1) is 26.4. The zero-order valence-electron chi connectivity index (χ0n) is 20.2. The second kappa shape index (κ2) is 12.6. The third-order valence-electron chi connectivity index (χ3n) is 5.67. The van der Waals surface area contributed by atoms with Crippen LogP contribution in [-0.4, -0.2) is 50.0 Å². The van der Waals surface area contributed by atoms with Crippen molar-refractivity contribution >= 4 is 46.4 Å². The molecule has 2 N–H and O–H groups in total. The summed E-state index contributed by atoms with van der Waals surface area (Å²) in [5, 5.41) is 5.87. The minimum absolute atomic E-state index is 0.239. The van der Waals surface area contributed by atoms with E-state index in [1.807, 2.05) is 24.3 Å². The Kier molecular flexibility index (Phi) is 8.97. The number of anilines is 4. The molecule has 1 heterocycles. The molecule has 0 unspecified atom stereocenters. The lowest BCUT2D eigenvalue weighted by atomic mass is 10.1. The van der Waals surface area contributed by atoms with Gasteiger partial charge in [0.2, 0.25) is 0 Å². The smallest absolute Gasteiger partial charge is 0.341 e. The lowest BCUT2D eigenvalue weighted by molar-refractivity contribution is -0.123. The number of thioether (sulfide) groups is 1. The predicted octanol–water partition coefficient (Wildman–Crippen LogP) is 5.77. The Morgan fingerprint density at radius 2 is 1.59 bits per heavy atom. The first-order valence-corrected chi connectivity index (χ1v) is 12.6. The molecule has 1 aliphatic rings. The molecule has 0 bridgehead atoms. The highest BCUT2D eigenvalue weighted by molar-refractivity contribution is 7.99. The Labute approximate surface area is 218 Å². The van der Waals surface area contributed by atoms with Crippen molar-refractivity contribution in [3.63, 3.8) is 0 Å². The van der Waals surface area contributed by atoms with Crippen molar-refractivity contribution in [2.45, 2.75) is 23.7 Å². The highest BCUT2D eigenvalue weighted by Crippen LogP contribution is 2.28. The largest absolute Gasteiger partial charge is 0.449 e. The number of nitrogens with zero attached hydrogens (tertiary/aromatic N) is 1. The average molecular weight is 528 g/mol. The van der Waals surface area contributed by atoms with E-state index in [1.54, 1.807) is 48.5 Å². The Morgan fingerprint density at radius 1 is 0.946 bits per heavy atom. The number of carbonyl (C=O) groups excluding carboxylic acids is 2. The normalized spacial score (nSPS) is 14.2. The van der Waals surface area contributed by atoms with Gasteiger partial charge in [0, 0.05) is 35.0 Å². The molecule has 37 heavy (non-hydrogen) atoms. The van der Waals surface area contributed by atoms with E-state index in [2.05, 4.69) is 15.5 Å². The van der Waals surface area contributed by atoms with E-state index in [-0.39, 0.29) is 5.56 Å². The van der Waals surface area contributed by atoms with Crippen molar-refractivity contribution in [3.8, 4) is 0 Å². The highest BCUT2D eigenvalue weighted by atomic mass is 32.2. The van der Waals surface area contributed by atoms with Crippen LogP contribution >= 0.6 is 11.8 Å². The molecular formula is C27H27F2N3O4S. The standard InChI is InChI=1S/C27H27F2N3O4S/c1-18(25(33)31-20-6-10-21(11-7-20)32-14-16-35-17-15-32)36-26(34)23-4-2-3-5-24(23)30-19-8-12-22(13-9-19)37-27(28)29/h2-13,18,27,30H,14-17H2,1H3,(H,31,33)/t18-/m1/s1. The molecule has 10 heteroatoms. The summed E-state index contributed by atoms with van der Waals surface area (Å²) in [5.41, 5.74) is 2.97. The molecule has 3 aromatic rings. The number of carbonyl (C=O) groups is 2. The first-order valence-electron chi connectivity index (χ1n) is 11.7. The summed E-state index contributed by atoms with van der Waals surface area (Å²) in [5.74, 6) is -3.62. The molecule has 1 fully saturated rings. The average Bonchev–Trinajstić information content (AvgIpc) is 2.90. The van der Waals surface area contributed by atoms with E-state index < -0.39 is 23.7 Å². The maximum absolute atomic E-state index is 12.9. The molecule has 7 nitrogen and oxygen atoms in total. The number of esters is 1. The van der Waals surface area contributed by atoms with E-state index in [4.69, 9.17) is 9.47 Å². The van der Waals surface area contributed by atoms with Gasteiger partial charge in [-0.25, -0.2) is 4.79 Å². The zero-order chi connectivity index (χ0) is 26.2. The molecule has 194 valence electrons. The molecule has 0 saturated carbocycles. The topological polar surface area (TPSA) is 79.9 Å². The van der Waals surface area contributed by atoms with E-state index >= 15 is 0 Å². The predicted molar refractivity (Wildman–Crippen MR) is 141 cm³/mol. The van der Waals surface area contributed by atoms with Crippen LogP contribution in [0.1, 0.15) is 17.3 Å². The number of ether oxygens (including phenoxy) is 2. The fourth-order valence-corrected chi connectivity index (χ4v) is 4.24. The summed E-state index contributed by atoms with van der Waals surface area (Å²) in [4.78, 5) is 28.2. The maximum Gasteiger partial charge on any atom is 0.341 e. The van der Waals surface area contributed by atoms with Gasteiger partial charge in [-0.1, -0.05) is 23.9 Å². The lowest BCUT2D eigenvalue weighted by Crippen LogP contribution is -2.36. The number of morpholine rings is 1. The number of rotatable bonds is 9. The third kappa shape index (κ3) is 7.43. The van der Waals surface area contributed by atoms with Gasteiger partial charge in [0.1, 0.15) is 0 Å². The minimum atomic E-state index is -2.50. The maximum atomic E-state index is 12.9. The first-order chi connectivity index (χ1) is 17.9. The van der Waals surface area contributed by atoms with Gasteiger partial charge in [-0.15, -0.1) is 0 Å². The van der Waals surface area contributed by atoms with Gasteiger partial charge in [0.05, 0.1) is 24.5 Å². The summed E-state index contributed by atoms with van der Waals surface area (Å²) in [6, 6.07) is 20.6. The summed E-state index contributed by atoms with van der Waals surface area (Å²) in [6.45, 7) is 4.51. The van der Waals surface area contributed by atoms with Crippen molar-refractivity contribution in [2.75, 3.05) is 41.8 Å². The fourth-order valence-electron chi connectivity index (χ4n) is 3.74. The van der Waals surface area contributed by atoms with Crippen LogP contribution in [0, 0.1) is 0 Å². The number of hydrogen-bond acceptors (Lipinski definition) is 7. The van der Waals surface area contributed by atoms with Crippen LogP contribution in [0.4, 0.5) is 31.5 Å². The van der Waals surface area contributed by atoms with Crippen molar-refractivity contribution in [2.24, 2.45) is 0 Å². The van der Waals surface area contributed by atoms with Crippen LogP contribution in [0.5, 0.6) is 0 Å². The van der Waals surface area contributed by atoms with Gasteiger partial charge in [-0.05, 0) is 67.6 Å². The van der Waals surface area contributed by atoms with Crippen molar-refractivity contribution in [1.29, 1.82) is 0 Å². The molecule has 1 aliphatic heterocycles. The van der Waals surface area contributed by atoms with E-state index in [0.29, 0.717) is 46.9 Å². The molecule has 4 rings (SSSR count). The van der Waals surface area contributed by atoms with Crippen LogP contribution in [0.15, 0.2) is 77.7 Å². The third-order valence-corrected chi connectivity index (χ3v) is 6.39. The molecule has 0 radical (unpaired) electrons. The Hall–Kier alpha value is -3.63. The van der Waals surface area contributed by atoms with Crippen LogP contribution in [0.25, 0.3) is 0 Å². The number of nitrogens with one attached hydrogen (secondary N) is 2. The van der Waals surface area contributed by atoms with Gasteiger partial charge in [0.25, 0.3) is 11.7 Å². The fraction of sp³-hybridized carbons (Fsp3) is 0.259. The van der Waals surface area contributed by atoms with Crippen molar-refractivity contribution in [3.05, 3.63) is 78.4 Å². The van der Waals surface area contributed by atoms with Gasteiger partial charge in [0.15, 0.2) is 6.10 Å². The molecule has 1 saturated heterocycles. The van der Waals surface area contributed by atoms with Gasteiger partial charge >= 0.3 is 5.97 Å². The molecule has 3 aromatic carbocycles. The van der Waals surface area contributed by atoms with Gasteiger partial charge < -0.3 is 25.0 Å². The van der Waals surface area contributed by atoms with Crippen molar-refractivity contribution < 1.29 is 27.8 Å². The molecular weight excluding hydrogens is 500 g/mol. The molecule has 1 atom stereocenters. The molecule has 0 aliphatic carbocycles. The highest BCUT2D eigenvalue weighted by Gasteiger charge is 2.21. The number of halogens is 2. The van der Waals surface area contributed by atoms with Crippen LogP contribution in [-0.2, 0) is 14.3 Å². The van der Waals surface area contributed by atoms with E-state index in [0.717, 1.165) is 18.8 Å². The van der Waals surface area contributed by atoms with E-state index in [1.165, 1.54) is 6.92 Å². The van der Waals surface area contributed by atoms with Crippen LogP contribution in [0.2, 0.25) is 0 Å². The summed E-state index contributed by atoms with van der Waals surface area (Å²) >= 11 is 0.459. The minimum Gasteiger partial charge on any atom is -0.449 e. The van der Waals surface area contributed by atoms with E-state index in [9.17, 15) is 18.4 Å². The number of amides is 1.